The van der Waals surface area contributed by atoms with Gasteiger partial charge in [0.15, 0.2) is 11.7 Å². The minimum atomic E-state index is -4.46. The van der Waals surface area contributed by atoms with Gasteiger partial charge in [-0.1, -0.05) is 49.1 Å². The molecular formula is C21H25F3N4O. The van der Waals surface area contributed by atoms with Crippen molar-refractivity contribution in [3.63, 3.8) is 0 Å². The first-order chi connectivity index (χ1) is 13.8. The summed E-state index contributed by atoms with van der Waals surface area (Å²) in [5.74, 6) is -0.189. The maximum atomic E-state index is 13.8. The fourth-order valence-corrected chi connectivity index (χ4v) is 4.21. The van der Waals surface area contributed by atoms with Gasteiger partial charge in [-0.15, -0.1) is 0 Å². The van der Waals surface area contributed by atoms with Crippen LogP contribution in [0.1, 0.15) is 72.2 Å². The lowest BCUT2D eigenvalue weighted by Gasteiger charge is -2.33. The molecule has 2 atom stereocenters. The summed E-state index contributed by atoms with van der Waals surface area (Å²) in [4.78, 5) is 12.6. The van der Waals surface area contributed by atoms with E-state index in [0.717, 1.165) is 47.9 Å². The molecule has 0 saturated heterocycles. The van der Waals surface area contributed by atoms with Crippen molar-refractivity contribution in [1.29, 1.82) is 0 Å². The zero-order valence-corrected chi connectivity index (χ0v) is 16.3. The van der Waals surface area contributed by atoms with Crippen molar-refractivity contribution < 1.29 is 18.0 Å². The second-order valence-corrected chi connectivity index (χ2v) is 8.07. The van der Waals surface area contributed by atoms with Gasteiger partial charge in [-0.3, -0.25) is 4.79 Å². The van der Waals surface area contributed by atoms with Crippen LogP contribution in [0.3, 0.4) is 0 Å². The highest BCUT2D eigenvalue weighted by atomic mass is 19.4. The Hall–Kier alpha value is -2.51. The molecule has 0 spiro atoms. The minimum absolute atomic E-state index is 0.0249. The lowest BCUT2D eigenvalue weighted by molar-refractivity contribution is -0.173. The first-order valence-electron chi connectivity index (χ1n) is 10.1. The van der Waals surface area contributed by atoms with Gasteiger partial charge in [-0.2, -0.15) is 18.3 Å². The predicted molar refractivity (Wildman–Crippen MR) is 104 cm³/mol. The second kappa shape index (κ2) is 7.72. The molecule has 0 radical (unpaired) electrons. The van der Waals surface area contributed by atoms with Crippen molar-refractivity contribution in [2.24, 2.45) is 0 Å². The Morgan fingerprint density at radius 1 is 1.17 bits per heavy atom. The van der Waals surface area contributed by atoms with Crippen LogP contribution in [-0.2, 0) is 0 Å². The summed E-state index contributed by atoms with van der Waals surface area (Å²) < 4.78 is 42.2. The average Bonchev–Trinajstić information content (AvgIpc) is 3.12. The summed E-state index contributed by atoms with van der Waals surface area (Å²) >= 11 is 0. The number of benzene rings is 1. The molecule has 5 nitrogen and oxygen atoms in total. The van der Waals surface area contributed by atoms with Gasteiger partial charge >= 0.3 is 6.18 Å². The van der Waals surface area contributed by atoms with Crippen LogP contribution in [-0.4, -0.2) is 27.9 Å². The standard InChI is InChI=1S/C21H25F3N4O/c1-13-7-9-14(10-8-13)16-11-18(21(22,23)24)28-19(26-16)12-17(27-28)20(29)25-15-5-3-2-4-6-15/h7-10,12,15-16,18,26H,2-6,11H2,1H3,(H,25,29)/t16-,18+/m1/s1. The fourth-order valence-electron chi connectivity index (χ4n) is 4.21. The lowest BCUT2D eigenvalue weighted by Crippen LogP contribution is -2.37. The summed E-state index contributed by atoms with van der Waals surface area (Å²) in [6.45, 7) is 1.93. The number of rotatable bonds is 3. The molecule has 2 N–H and O–H groups in total. The van der Waals surface area contributed by atoms with Gasteiger partial charge in [-0.05, 0) is 25.3 Å². The summed E-state index contributed by atoms with van der Waals surface area (Å²) in [5.41, 5.74) is 1.85. The lowest BCUT2D eigenvalue weighted by atomic mass is 9.95. The number of carbonyl (C=O) groups is 1. The number of aromatic nitrogens is 2. The molecule has 156 valence electrons. The largest absolute Gasteiger partial charge is 0.410 e. The molecule has 8 heteroatoms. The number of fused-ring (bicyclic) bond motifs is 1. The van der Waals surface area contributed by atoms with Crippen molar-refractivity contribution in [2.45, 2.75) is 69.8 Å². The van der Waals surface area contributed by atoms with E-state index >= 15 is 0 Å². The molecular weight excluding hydrogens is 381 g/mol. The second-order valence-electron chi connectivity index (χ2n) is 8.07. The molecule has 1 amide bonds. The highest BCUT2D eigenvalue weighted by Gasteiger charge is 2.46. The SMILES string of the molecule is Cc1ccc([C@H]2C[C@@H](C(F)(F)F)n3nc(C(=O)NC4CCCCC4)cc3N2)cc1. The molecule has 29 heavy (non-hydrogen) atoms. The molecule has 0 bridgehead atoms. The first kappa shape index (κ1) is 19.8. The Morgan fingerprint density at radius 3 is 2.52 bits per heavy atom. The monoisotopic (exact) mass is 406 g/mol. The first-order valence-corrected chi connectivity index (χ1v) is 10.1. The Labute approximate surface area is 167 Å². The zero-order valence-electron chi connectivity index (χ0n) is 16.3. The molecule has 0 unspecified atom stereocenters. The zero-order chi connectivity index (χ0) is 20.6. The van der Waals surface area contributed by atoms with E-state index in [0.29, 0.717) is 0 Å². The number of nitrogens with one attached hydrogen (secondary N) is 2. The van der Waals surface area contributed by atoms with Crippen molar-refractivity contribution in [1.82, 2.24) is 15.1 Å². The van der Waals surface area contributed by atoms with Gasteiger partial charge in [0.05, 0.1) is 6.04 Å². The number of hydrogen-bond acceptors (Lipinski definition) is 3. The van der Waals surface area contributed by atoms with Gasteiger partial charge in [-0.25, -0.2) is 4.68 Å². The van der Waals surface area contributed by atoms with Crippen LogP contribution in [0.5, 0.6) is 0 Å². The number of nitrogens with zero attached hydrogens (tertiary/aromatic N) is 2. The molecule has 1 aliphatic heterocycles. The van der Waals surface area contributed by atoms with E-state index in [1.807, 2.05) is 31.2 Å². The van der Waals surface area contributed by atoms with Crippen LogP contribution >= 0.6 is 0 Å². The molecule has 1 aromatic carbocycles. The van der Waals surface area contributed by atoms with Gasteiger partial charge in [0.25, 0.3) is 5.91 Å². The van der Waals surface area contributed by atoms with Crippen LogP contribution in [0.25, 0.3) is 0 Å². The predicted octanol–water partition coefficient (Wildman–Crippen LogP) is 4.91. The number of anilines is 1. The Balaban J connectivity index is 1.59. The third-order valence-electron chi connectivity index (χ3n) is 5.84. The Kier molecular flexibility index (Phi) is 5.27. The van der Waals surface area contributed by atoms with Crippen molar-refractivity contribution in [2.75, 3.05) is 5.32 Å². The van der Waals surface area contributed by atoms with E-state index in [1.165, 1.54) is 6.07 Å². The molecule has 2 aromatic rings. The van der Waals surface area contributed by atoms with Crippen molar-refractivity contribution >= 4 is 11.7 Å². The summed E-state index contributed by atoms with van der Waals surface area (Å²) in [5, 5.41) is 10.1. The number of halogens is 3. The van der Waals surface area contributed by atoms with E-state index in [4.69, 9.17) is 0 Å². The smallest absolute Gasteiger partial charge is 0.363 e. The van der Waals surface area contributed by atoms with Crippen LogP contribution in [0.4, 0.5) is 19.0 Å². The van der Waals surface area contributed by atoms with E-state index in [1.54, 1.807) is 0 Å². The average molecular weight is 406 g/mol. The normalized spacial score (nSPS) is 22.6. The van der Waals surface area contributed by atoms with E-state index < -0.39 is 24.2 Å². The molecule has 1 saturated carbocycles. The van der Waals surface area contributed by atoms with Crippen LogP contribution in [0, 0.1) is 6.92 Å². The minimum Gasteiger partial charge on any atom is -0.363 e. The maximum absolute atomic E-state index is 13.8. The van der Waals surface area contributed by atoms with Crippen LogP contribution in [0.15, 0.2) is 30.3 Å². The Morgan fingerprint density at radius 2 is 1.86 bits per heavy atom. The van der Waals surface area contributed by atoms with Gasteiger partial charge in [0.2, 0.25) is 0 Å². The highest BCUT2D eigenvalue weighted by Crippen LogP contribution is 2.43. The van der Waals surface area contributed by atoms with Crippen molar-refractivity contribution in [3.05, 3.63) is 47.2 Å². The van der Waals surface area contributed by atoms with Gasteiger partial charge in [0.1, 0.15) is 5.82 Å². The highest BCUT2D eigenvalue weighted by molar-refractivity contribution is 5.93. The summed E-state index contributed by atoms with van der Waals surface area (Å²) in [6, 6.07) is 6.66. The van der Waals surface area contributed by atoms with E-state index in [2.05, 4.69) is 15.7 Å². The van der Waals surface area contributed by atoms with E-state index in [-0.39, 0.29) is 24.0 Å². The quantitative estimate of drug-likeness (QED) is 0.761. The van der Waals surface area contributed by atoms with Crippen LogP contribution < -0.4 is 10.6 Å². The van der Waals surface area contributed by atoms with Gasteiger partial charge < -0.3 is 10.6 Å². The fraction of sp³-hybridized carbons (Fsp3) is 0.524. The maximum Gasteiger partial charge on any atom is 0.410 e. The van der Waals surface area contributed by atoms with Gasteiger partial charge in [0, 0.05) is 18.5 Å². The molecule has 1 fully saturated rings. The number of alkyl halides is 3. The Bertz CT molecular complexity index is 869. The molecule has 2 heterocycles. The molecule has 4 rings (SSSR count). The number of amides is 1. The molecule has 1 aliphatic carbocycles. The number of aryl methyl sites for hydroxylation is 1. The van der Waals surface area contributed by atoms with Crippen molar-refractivity contribution in [3.8, 4) is 0 Å². The third kappa shape index (κ3) is 4.26. The van der Waals surface area contributed by atoms with E-state index in [9.17, 15) is 18.0 Å². The number of carbonyl (C=O) groups excluding carboxylic acids is 1. The summed E-state index contributed by atoms with van der Waals surface area (Å²) in [7, 11) is 0. The third-order valence-corrected chi connectivity index (χ3v) is 5.84. The number of hydrogen-bond donors (Lipinski definition) is 2. The summed E-state index contributed by atoms with van der Waals surface area (Å²) in [6.07, 6.45) is 0.439. The topological polar surface area (TPSA) is 59.0 Å². The molecule has 1 aromatic heterocycles. The van der Waals surface area contributed by atoms with Crippen LogP contribution in [0.2, 0.25) is 0 Å². The molecule has 2 aliphatic rings.